The largest absolute Gasteiger partial charge is 0.382 e. The first kappa shape index (κ1) is 15.3. The Balaban J connectivity index is 2.17. The van der Waals surface area contributed by atoms with E-state index in [-0.39, 0.29) is 0 Å². The number of benzene rings is 1. The van der Waals surface area contributed by atoms with Crippen molar-refractivity contribution in [1.82, 2.24) is 4.72 Å². The average molecular weight is 296 g/mol. The number of hydrogen-bond donors (Lipinski definition) is 2. The summed E-state index contributed by atoms with van der Waals surface area (Å²) >= 11 is 0. The summed E-state index contributed by atoms with van der Waals surface area (Å²) in [5.74, 6) is 0.810. The third-order valence-corrected chi connectivity index (χ3v) is 5.58. The molecule has 1 fully saturated rings. The molecular weight excluding hydrogens is 272 g/mol. The van der Waals surface area contributed by atoms with Crippen molar-refractivity contribution < 1.29 is 8.42 Å². The Hall–Kier alpha value is -1.07. The first-order chi connectivity index (χ1) is 9.42. The van der Waals surface area contributed by atoms with Gasteiger partial charge in [0.05, 0.1) is 4.90 Å². The molecule has 1 saturated carbocycles. The second-order valence-corrected chi connectivity index (χ2v) is 7.67. The molecule has 0 amide bonds. The highest BCUT2D eigenvalue weighted by Gasteiger charge is 2.19. The van der Waals surface area contributed by atoms with Gasteiger partial charge in [-0.05, 0) is 63.3 Å². The number of anilines is 1. The molecule has 0 spiro atoms. The summed E-state index contributed by atoms with van der Waals surface area (Å²) in [7, 11) is -1.94. The van der Waals surface area contributed by atoms with Gasteiger partial charge < -0.3 is 5.32 Å². The zero-order valence-corrected chi connectivity index (χ0v) is 13.3. The summed E-state index contributed by atoms with van der Waals surface area (Å²) in [5.41, 5.74) is 2.01. The highest BCUT2D eigenvalue weighted by atomic mass is 32.2. The van der Waals surface area contributed by atoms with Crippen molar-refractivity contribution in [2.24, 2.45) is 5.92 Å². The van der Waals surface area contributed by atoms with E-state index in [0.29, 0.717) is 10.9 Å². The molecule has 0 aliphatic heterocycles. The molecule has 5 heteroatoms. The van der Waals surface area contributed by atoms with Gasteiger partial charge in [-0.1, -0.05) is 13.0 Å². The fourth-order valence-corrected chi connectivity index (χ4v) is 3.42. The third kappa shape index (κ3) is 3.52. The van der Waals surface area contributed by atoms with Gasteiger partial charge in [0.2, 0.25) is 10.0 Å². The van der Waals surface area contributed by atoms with E-state index in [4.69, 9.17) is 0 Å². The smallest absolute Gasteiger partial charge is 0.240 e. The van der Waals surface area contributed by atoms with Crippen molar-refractivity contribution in [3.63, 3.8) is 0 Å². The molecule has 112 valence electrons. The molecule has 1 aliphatic carbocycles. The zero-order valence-electron chi connectivity index (χ0n) is 12.4. The van der Waals surface area contributed by atoms with Crippen molar-refractivity contribution in [3.8, 4) is 0 Å². The van der Waals surface area contributed by atoms with Crippen molar-refractivity contribution in [2.75, 3.05) is 12.4 Å². The summed E-state index contributed by atoms with van der Waals surface area (Å²) in [4.78, 5) is 0.317. The minimum Gasteiger partial charge on any atom is -0.382 e. The van der Waals surface area contributed by atoms with Gasteiger partial charge in [-0.25, -0.2) is 13.1 Å². The molecule has 2 N–H and O–H groups in total. The molecule has 20 heavy (non-hydrogen) atoms. The van der Waals surface area contributed by atoms with Gasteiger partial charge in [0.1, 0.15) is 0 Å². The van der Waals surface area contributed by atoms with Crippen LogP contribution >= 0.6 is 0 Å². The van der Waals surface area contributed by atoms with Crippen LogP contribution in [0.4, 0.5) is 5.69 Å². The summed E-state index contributed by atoms with van der Waals surface area (Å²) in [5, 5.41) is 3.51. The van der Waals surface area contributed by atoms with Gasteiger partial charge >= 0.3 is 0 Å². The molecule has 1 aliphatic rings. The van der Waals surface area contributed by atoms with E-state index in [2.05, 4.69) is 17.0 Å². The predicted molar refractivity (Wildman–Crippen MR) is 82.5 cm³/mol. The van der Waals surface area contributed by atoms with E-state index in [1.165, 1.54) is 19.9 Å². The van der Waals surface area contributed by atoms with E-state index < -0.39 is 10.0 Å². The van der Waals surface area contributed by atoms with Crippen molar-refractivity contribution in [2.45, 2.75) is 50.5 Å². The predicted octanol–water partition coefficient (Wildman–Crippen LogP) is 2.89. The van der Waals surface area contributed by atoms with E-state index in [1.54, 1.807) is 12.1 Å². The summed E-state index contributed by atoms with van der Waals surface area (Å²) in [6.07, 6.45) is 4.80. The van der Waals surface area contributed by atoms with Crippen molar-refractivity contribution in [3.05, 3.63) is 23.8 Å². The van der Waals surface area contributed by atoms with Crippen LogP contribution in [0.3, 0.4) is 0 Å². The topological polar surface area (TPSA) is 58.2 Å². The minimum atomic E-state index is -3.38. The van der Waals surface area contributed by atoms with E-state index >= 15 is 0 Å². The van der Waals surface area contributed by atoms with Crippen LogP contribution in [0.2, 0.25) is 0 Å². The van der Waals surface area contributed by atoms with Gasteiger partial charge in [-0.15, -0.1) is 0 Å². The van der Waals surface area contributed by atoms with E-state index in [0.717, 1.165) is 30.0 Å². The maximum Gasteiger partial charge on any atom is 0.240 e. The molecule has 0 unspecified atom stereocenters. The third-order valence-electron chi connectivity index (χ3n) is 4.16. The lowest BCUT2D eigenvalue weighted by atomic mass is 9.87. The van der Waals surface area contributed by atoms with E-state index in [1.807, 2.05) is 13.0 Å². The first-order valence-corrected chi connectivity index (χ1v) is 8.71. The fourth-order valence-electron chi connectivity index (χ4n) is 2.67. The van der Waals surface area contributed by atoms with Crippen LogP contribution in [-0.2, 0) is 10.0 Å². The summed E-state index contributed by atoms with van der Waals surface area (Å²) in [6.45, 7) is 4.30. The highest BCUT2D eigenvalue weighted by molar-refractivity contribution is 7.89. The molecule has 0 aromatic heterocycles. The van der Waals surface area contributed by atoms with Gasteiger partial charge in [0, 0.05) is 11.7 Å². The Bertz CT molecular complexity index is 561. The van der Waals surface area contributed by atoms with Gasteiger partial charge in [0.25, 0.3) is 0 Å². The first-order valence-electron chi connectivity index (χ1n) is 7.23. The maximum absolute atomic E-state index is 11.9. The number of sulfonamides is 1. The lowest BCUT2D eigenvalue weighted by molar-refractivity contribution is 0.361. The van der Waals surface area contributed by atoms with Crippen LogP contribution in [0.1, 0.15) is 38.2 Å². The van der Waals surface area contributed by atoms with Crippen LogP contribution in [0, 0.1) is 12.8 Å². The lowest BCUT2D eigenvalue weighted by Crippen LogP contribution is -2.26. The average Bonchev–Trinajstić information content (AvgIpc) is 2.43. The second kappa shape index (κ2) is 6.14. The minimum absolute atomic E-state index is 0.317. The highest BCUT2D eigenvalue weighted by Crippen LogP contribution is 2.28. The maximum atomic E-state index is 11.9. The standard InChI is InChI=1S/C15H24N2O2S/c1-11-4-7-13(8-5-11)17-15-10-14(9-6-12(15)2)20(18,19)16-3/h6,9-11,13,16-17H,4-5,7-8H2,1-3H3. The molecule has 0 heterocycles. The molecule has 0 atom stereocenters. The van der Waals surface area contributed by atoms with Gasteiger partial charge in [-0.2, -0.15) is 0 Å². The normalized spacial score (nSPS) is 23.6. The van der Waals surface area contributed by atoms with Crippen LogP contribution in [0.15, 0.2) is 23.1 Å². The molecule has 4 nitrogen and oxygen atoms in total. The molecule has 1 aromatic rings. The Morgan fingerprint density at radius 3 is 2.40 bits per heavy atom. The zero-order chi connectivity index (χ0) is 14.8. The molecule has 2 rings (SSSR count). The SMILES string of the molecule is CNS(=O)(=O)c1ccc(C)c(NC2CCC(C)CC2)c1. The Kier molecular flexibility index (Phi) is 4.70. The Morgan fingerprint density at radius 2 is 1.80 bits per heavy atom. The summed E-state index contributed by atoms with van der Waals surface area (Å²) in [6, 6.07) is 5.70. The van der Waals surface area contributed by atoms with Crippen molar-refractivity contribution >= 4 is 15.7 Å². The number of nitrogens with one attached hydrogen (secondary N) is 2. The van der Waals surface area contributed by atoms with Crippen LogP contribution in [-0.4, -0.2) is 21.5 Å². The number of hydrogen-bond acceptors (Lipinski definition) is 3. The number of rotatable bonds is 4. The van der Waals surface area contributed by atoms with E-state index in [9.17, 15) is 8.42 Å². The number of aryl methyl sites for hydroxylation is 1. The molecule has 1 aromatic carbocycles. The Morgan fingerprint density at radius 1 is 1.15 bits per heavy atom. The second-order valence-electron chi connectivity index (χ2n) is 5.79. The van der Waals surface area contributed by atoms with Crippen LogP contribution < -0.4 is 10.0 Å². The van der Waals surface area contributed by atoms with Gasteiger partial charge in [0.15, 0.2) is 0 Å². The van der Waals surface area contributed by atoms with Gasteiger partial charge in [-0.3, -0.25) is 0 Å². The van der Waals surface area contributed by atoms with Crippen molar-refractivity contribution in [1.29, 1.82) is 0 Å². The molecule has 0 radical (unpaired) electrons. The van der Waals surface area contributed by atoms with Crippen LogP contribution in [0.25, 0.3) is 0 Å². The molecule has 0 bridgehead atoms. The molecular formula is C15H24N2O2S. The Labute approximate surface area is 122 Å². The quantitative estimate of drug-likeness (QED) is 0.898. The lowest BCUT2D eigenvalue weighted by Gasteiger charge is -2.28. The molecule has 0 saturated heterocycles. The van der Waals surface area contributed by atoms with Crippen LogP contribution in [0.5, 0.6) is 0 Å². The monoisotopic (exact) mass is 296 g/mol. The summed E-state index contributed by atoms with van der Waals surface area (Å²) < 4.78 is 26.1. The fraction of sp³-hybridized carbons (Fsp3) is 0.600.